The minimum atomic E-state index is -5.21. The zero-order valence-corrected chi connectivity index (χ0v) is 23.2. The van der Waals surface area contributed by atoms with Gasteiger partial charge < -0.3 is 29.1 Å². The van der Waals surface area contributed by atoms with Crippen LogP contribution in [0.2, 0.25) is 0 Å². The molecule has 0 aromatic heterocycles. The second-order valence-corrected chi connectivity index (χ2v) is 12.1. The van der Waals surface area contributed by atoms with Crippen LogP contribution in [0.3, 0.4) is 0 Å². The molecule has 0 radical (unpaired) electrons. The van der Waals surface area contributed by atoms with E-state index < -0.39 is 35.6 Å². The Balaban J connectivity index is 1.39. The summed E-state index contributed by atoms with van der Waals surface area (Å²) < 4.78 is 58.0. The Hall–Kier alpha value is -3.08. The number of ether oxygens (including phenoxy) is 3. The number of hydrogen-bond donors (Lipinski definition) is 2. The molecule has 2 saturated heterocycles. The average Bonchev–Trinajstić information content (AvgIpc) is 3.30. The summed E-state index contributed by atoms with van der Waals surface area (Å²) in [5, 5.41) is 13.4. The molecule has 6 rings (SSSR count). The fourth-order valence-electron chi connectivity index (χ4n) is 8.46. The van der Waals surface area contributed by atoms with Crippen molar-refractivity contribution in [3.05, 3.63) is 77.6 Å². The number of rotatable bonds is 7. The van der Waals surface area contributed by atoms with Crippen molar-refractivity contribution in [2.24, 2.45) is 11.3 Å². The van der Waals surface area contributed by atoms with Crippen LogP contribution in [0.4, 0.5) is 13.2 Å². The second-order valence-electron chi connectivity index (χ2n) is 12.1. The molecular weight excluding hydrogens is 537 g/mol. The van der Waals surface area contributed by atoms with Crippen LogP contribution in [0.25, 0.3) is 5.76 Å². The summed E-state index contributed by atoms with van der Waals surface area (Å²) in [6.45, 7) is 5.86. The second kappa shape index (κ2) is 9.74. The SMILES string of the molecule is C=CC[N+]1(C)CC[C@]23C4=C5C=CC(NC(=O)C(OC(F)(F)F)=C(O)c6ccccc6)(OC)C4O[C@H]2CCC[C@H]3[C@H]1C5. The lowest BCUT2D eigenvalue weighted by molar-refractivity contribution is -0.940. The maximum atomic E-state index is 13.5. The van der Waals surface area contributed by atoms with Crippen molar-refractivity contribution in [1.82, 2.24) is 5.32 Å². The lowest BCUT2D eigenvalue weighted by Gasteiger charge is -2.61. The molecule has 2 heterocycles. The standard InChI is InChI=1S/C31H35F3N2O5/c1-4-16-36(2)17-15-29-21-11-8-12-23(29)40-27-24(29)20(18-22(21)36)13-14-30(27,39-3)35-28(38)26(41-31(32,33)34)25(37)19-9-6-5-7-10-19/h4-7,9-10,13-14,21-23,27H,1,8,11-12,15-18H2,2-3H3,(H-,35,37,38)/p+1/t21-,22+,23-,27?,29+,30?,36?/m0/s1. The zero-order chi connectivity index (χ0) is 29.2. The van der Waals surface area contributed by atoms with Gasteiger partial charge in [0.1, 0.15) is 6.10 Å². The summed E-state index contributed by atoms with van der Waals surface area (Å²) in [6.07, 6.45) is 4.32. The van der Waals surface area contributed by atoms with Gasteiger partial charge in [-0.3, -0.25) is 4.79 Å². The maximum absolute atomic E-state index is 13.5. The minimum absolute atomic E-state index is 0.00337. The topological polar surface area (TPSA) is 77.0 Å². The minimum Gasteiger partial charge on any atom is -0.504 e. The number of likely N-dealkylation sites (N-methyl/N-ethyl adjacent to an activating group) is 1. The Bertz CT molecular complexity index is 1340. The Morgan fingerprint density at radius 1 is 1.29 bits per heavy atom. The maximum Gasteiger partial charge on any atom is 0.573 e. The van der Waals surface area contributed by atoms with Gasteiger partial charge in [0.25, 0.3) is 5.91 Å². The third kappa shape index (κ3) is 4.25. The number of benzene rings is 1. The van der Waals surface area contributed by atoms with Crippen LogP contribution in [-0.2, 0) is 19.0 Å². The number of carbonyl (C=O) groups is 1. The molecule has 1 spiro atoms. The monoisotopic (exact) mass is 573 g/mol. The van der Waals surface area contributed by atoms with E-state index in [0.29, 0.717) is 12.0 Å². The molecule has 3 aliphatic carbocycles. The summed E-state index contributed by atoms with van der Waals surface area (Å²) in [5.74, 6) is -3.08. The van der Waals surface area contributed by atoms with E-state index in [0.717, 1.165) is 60.8 Å². The molecular formula is C31H36F3N2O5+. The number of methoxy groups -OCH3 is 1. The highest BCUT2D eigenvalue weighted by atomic mass is 19.4. The highest BCUT2D eigenvalue weighted by Gasteiger charge is 2.70. The van der Waals surface area contributed by atoms with Gasteiger partial charge in [-0.2, -0.15) is 0 Å². The van der Waals surface area contributed by atoms with Crippen LogP contribution in [0.15, 0.2) is 72.0 Å². The van der Waals surface area contributed by atoms with Crippen LogP contribution in [0.1, 0.15) is 37.7 Å². The van der Waals surface area contributed by atoms with Crippen molar-refractivity contribution in [3.8, 4) is 0 Å². The van der Waals surface area contributed by atoms with Crippen LogP contribution < -0.4 is 5.32 Å². The first-order valence-electron chi connectivity index (χ1n) is 14.1. The van der Waals surface area contributed by atoms with E-state index in [2.05, 4.69) is 23.7 Å². The predicted molar refractivity (Wildman–Crippen MR) is 145 cm³/mol. The number of quaternary nitrogens is 1. The lowest BCUT2D eigenvalue weighted by Crippen LogP contribution is -2.69. The molecule has 10 heteroatoms. The van der Waals surface area contributed by atoms with Crippen molar-refractivity contribution in [2.45, 2.75) is 62.4 Å². The molecule has 1 aromatic carbocycles. The first kappa shape index (κ1) is 28.1. The van der Waals surface area contributed by atoms with Gasteiger partial charge in [0.15, 0.2) is 11.5 Å². The van der Waals surface area contributed by atoms with E-state index in [1.165, 1.54) is 31.4 Å². The van der Waals surface area contributed by atoms with Crippen LogP contribution in [0, 0.1) is 11.3 Å². The average molecular weight is 574 g/mol. The number of hydrogen-bond acceptors (Lipinski definition) is 5. The van der Waals surface area contributed by atoms with Gasteiger partial charge in [0, 0.05) is 36.8 Å². The Kier molecular flexibility index (Phi) is 6.67. The molecule has 7 nitrogen and oxygen atoms in total. The largest absolute Gasteiger partial charge is 0.573 e. The van der Waals surface area contributed by atoms with Crippen molar-refractivity contribution >= 4 is 11.7 Å². The van der Waals surface area contributed by atoms with Gasteiger partial charge in [-0.1, -0.05) is 49.4 Å². The molecule has 2 aliphatic heterocycles. The third-order valence-corrected chi connectivity index (χ3v) is 10.2. The Morgan fingerprint density at radius 3 is 2.73 bits per heavy atom. The number of aliphatic hydroxyl groups is 1. The number of alkyl halides is 3. The van der Waals surface area contributed by atoms with Gasteiger partial charge in [0.05, 0.1) is 32.3 Å². The quantitative estimate of drug-likeness (QED) is 0.155. The molecule has 3 unspecified atom stereocenters. The van der Waals surface area contributed by atoms with Crippen LogP contribution in [0.5, 0.6) is 0 Å². The van der Waals surface area contributed by atoms with Crippen LogP contribution in [-0.4, -0.2) is 73.1 Å². The summed E-state index contributed by atoms with van der Waals surface area (Å²) >= 11 is 0. The van der Waals surface area contributed by atoms with Crippen LogP contribution >= 0.6 is 0 Å². The number of likely N-dealkylation sites (tertiary alicyclic amines) is 1. The molecule has 41 heavy (non-hydrogen) atoms. The number of aliphatic hydroxyl groups excluding tert-OH is 1. The molecule has 7 atom stereocenters. The molecule has 2 N–H and O–H groups in total. The number of nitrogens with zero attached hydrogens (tertiary/aromatic N) is 1. The summed E-state index contributed by atoms with van der Waals surface area (Å²) in [7, 11) is 3.70. The summed E-state index contributed by atoms with van der Waals surface area (Å²) in [6, 6.07) is 7.88. The normalized spacial score (nSPS) is 37.7. The first-order valence-corrected chi connectivity index (χ1v) is 14.1. The van der Waals surface area contributed by atoms with Crippen molar-refractivity contribution < 1.29 is 41.8 Å². The van der Waals surface area contributed by atoms with E-state index in [1.807, 2.05) is 12.2 Å². The fourth-order valence-corrected chi connectivity index (χ4v) is 8.46. The van der Waals surface area contributed by atoms with Gasteiger partial charge in [-0.25, -0.2) is 0 Å². The molecule has 1 amide bonds. The predicted octanol–water partition coefficient (Wildman–Crippen LogP) is 5.14. The Labute approximate surface area is 237 Å². The highest BCUT2D eigenvalue weighted by Crippen LogP contribution is 2.67. The smallest absolute Gasteiger partial charge is 0.504 e. The number of piperidine rings is 1. The van der Waals surface area contributed by atoms with Gasteiger partial charge in [0.2, 0.25) is 5.76 Å². The van der Waals surface area contributed by atoms with E-state index in [1.54, 1.807) is 12.1 Å². The number of amides is 1. The molecule has 1 saturated carbocycles. The number of allylic oxidation sites excluding steroid dienone is 1. The molecule has 220 valence electrons. The van der Waals surface area contributed by atoms with E-state index in [9.17, 15) is 23.1 Å². The molecule has 2 bridgehead atoms. The van der Waals surface area contributed by atoms with Crippen molar-refractivity contribution in [3.63, 3.8) is 0 Å². The molecule has 3 fully saturated rings. The molecule has 1 aromatic rings. The fraction of sp³-hybridized carbons (Fsp3) is 0.516. The van der Waals surface area contributed by atoms with Gasteiger partial charge >= 0.3 is 6.36 Å². The number of nitrogens with one attached hydrogen (secondary N) is 1. The van der Waals surface area contributed by atoms with E-state index >= 15 is 0 Å². The third-order valence-electron chi connectivity index (χ3n) is 10.2. The Morgan fingerprint density at radius 2 is 2.05 bits per heavy atom. The lowest BCUT2D eigenvalue weighted by atomic mass is 9.50. The molecule has 5 aliphatic rings. The van der Waals surface area contributed by atoms with E-state index in [-0.39, 0.29) is 17.1 Å². The number of carbonyl (C=O) groups excluding carboxylic acids is 1. The zero-order valence-electron chi connectivity index (χ0n) is 23.2. The van der Waals surface area contributed by atoms with E-state index in [4.69, 9.17) is 9.47 Å². The van der Waals surface area contributed by atoms with Gasteiger partial charge in [-0.05, 0) is 36.1 Å². The highest BCUT2D eigenvalue weighted by molar-refractivity contribution is 5.98. The van der Waals surface area contributed by atoms with Gasteiger partial charge in [-0.15, -0.1) is 13.2 Å². The first-order chi connectivity index (χ1) is 19.5. The van der Waals surface area contributed by atoms with Crippen molar-refractivity contribution in [1.29, 1.82) is 0 Å². The summed E-state index contributed by atoms with van der Waals surface area (Å²) in [5.41, 5.74) is 0.459. The summed E-state index contributed by atoms with van der Waals surface area (Å²) in [4.78, 5) is 13.5. The van der Waals surface area contributed by atoms with Crippen molar-refractivity contribution in [2.75, 3.05) is 27.2 Å². The number of halogens is 3.